The molecule has 2 N–H and O–H groups in total. The van der Waals surface area contributed by atoms with E-state index in [-0.39, 0.29) is 13.1 Å². The summed E-state index contributed by atoms with van der Waals surface area (Å²) in [5.74, 6) is -0.169. The van der Waals surface area contributed by atoms with Gasteiger partial charge in [0.2, 0.25) is 6.29 Å². The minimum atomic E-state index is -1.39. The van der Waals surface area contributed by atoms with Crippen LogP contribution < -0.4 is 4.74 Å². The van der Waals surface area contributed by atoms with Crippen molar-refractivity contribution in [1.82, 2.24) is 0 Å². The van der Waals surface area contributed by atoms with Crippen LogP contribution in [0.15, 0.2) is 18.2 Å². The molecule has 0 aliphatic carbocycles. The number of carbonyl (C=O) groups excluding carboxylic acids is 1. The van der Waals surface area contributed by atoms with E-state index in [1.54, 1.807) is 6.07 Å². The van der Waals surface area contributed by atoms with Crippen LogP contribution in [-0.4, -0.2) is 36.7 Å². The maximum Gasteiger partial charge on any atom is 0.295 e. The van der Waals surface area contributed by atoms with Crippen LogP contribution in [0, 0.1) is 0 Å². The van der Waals surface area contributed by atoms with Crippen molar-refractivity contribution in [2.24, 2.45) is 0 Å². The minimum absolute atomic E-state index is 0.153. The summed E-state index contributed by atoms with van der Waals surface area (Å²) in [5.41, 5.74) is 1.68. The molecule has 0 aliphatic heterocycles. The third kappa shape index (κ3) is 3.21. The monoisotopic (exact) mass is 254 g/mol. The molecule has 1 aromatic rings. The quantitative estimate of drug-likeness (QED) is 0.556. The van der Waals surface area contributed by atoms with Crippen molar-refractivity contribution < 1.29 is 24.5 Å². The van der Waals surface area contributed by atoms with Crippen molar-refractivity contribution in [2.45, 2.75) is 25.6 Å². The van der Waals surface area contributed by atoms with Gasteiger partial charge in [0, 0.05) is 5.56 Å². The van der Waals surface area contributed by atoms with Crippen molar-refractivity contribution >= 4 is 6.47 Å². The van der Waals surface area contributed by atoms with Gasteiger partial charge < -0.3 is 19.7 Å². The Bertz CT molecular complexity index is 391. The summed E-state index contributed by atoms with van der Waals surface area (Å²) in [6.07, 6.45) is -0.540. The van der Waals surface area contributed by atoms with Crippen molar-refractivity contribution in [1.29, 1.82) is 0 Å². The predicted molar refractivity (Wildman–Crippen MR) is 65.4 cm³/mol. The standard InChI is InChI=1S/C13H18O5/c1-3-9-4-5-10(12(6-9)17-2)11(7-14)13(16)18-8-15/h4-6,8,11,13-14,16H,3,7H2,1-2H3. The molecule has 5 heteroatoms. The molecule has 0 saturated carbocycles. The second-order valence-electron chi connectivity index (χ2n) is 3.84. The van der Waals surface area contributed by atoms with E-state index in [0.29, 0.717) is 11.3 Å². The summed E-state index contributed by atoms with van der Waals surface area (Å²) in [6.45, 7) is 1.82. The Balaban J connectivity index is 3.08. The maximum atomic E-state index is 10.2. The number of aliphatic hydroxyl groups excluding tert-OH is 2. The Morgan fingerprint density at radius 1 is 1.44 bits per heavy atom. The SMILES string of the molecule is CCc1ccc(C(CO)C(O)OC=O)c(OC)c1. The van der Waals surface area contributed by atoms with E-state index >= 15 is 0 Å². The van der Waals surface area contributed by atoms with Crippen LogP contribution in [0.5, 0.6) is 5.75 Å². The van der Waals surface area contributed by atoms with Gasteiger partial charge in [-0.2, -0.15) is 0 Å². The first-order chi connectivity index (χ1) is 8.67. The first-order valence-electron chi connectivity index (χ1n) is 5.72. The van der Waals surface area contributed by atoms with Crippen molar-refractivity contribution in [3.8, 4) is 5.75 Å². The highest BCUT2D eigenvalue weighted by Crippen LogP contribution is 2.30. The average molecular weight is 254 g/mol. The van der Waals surface area contributed by atoms with Gasteiger partial charge >= 0.3 is 0 Å². The summed E-state index contributed by atoms with van der Waals surface area (Å²) < 4.78 is 9.70. The summed E-state index contributed by atoms with van der Waals surface area (Å²) >= 11 is 0. The summed E-state index contributed by atoms with van der Waals surface area (Å²) in [6, 6.07) is 5.48. The number of aliphatic hydroxyl groups is 2. The molecular weight excluding hydrogens is 236 g/mol. The van der Waals surface area contributed by atoms with Gasteiger partial charge in [-0.25, -0.2) is 0 Å². The molecule has 100 valence electrons. The van der Waals surface area contributed by atoms with Gasteiger partial charge in [0.15, 0.2) is 0 Å². The number of hydrogen-bond donors (Lipinski definition) is 2. The van der Waals surface area contributed by atoms with E-state index in [0.717, 1.165) is 12.0 Å². The van der Waals surface area contributed by atoms with Gasteiger partial charge in [0.05, 0.1) is 19.6 Å². The molecule has 0 amide bonds. The maximum absolute atomic E-state index is 10.2. The predicted octanol–water partition coefficient (Wildman–Crippen LogP) is 0.825. The summed E-state index contributed by atoms with van der Waals surface area (Å²) in [4.78, 5) is 10.2. The van der Waals surface area contributed by atoms with Crippen molar-refractivity contribution in [3.05, 3.63) is 29.3 Å². The van der Waals surface area contributed by atoms with E-state index in [2.05, 4.69) is 4.74 Å². The van der Waals surface area contributed by atoms with Crippen LogP contribution in [0.1, 0.15) is 24.0 Å². The number of rotatable bonds is 7. The fourth-order valence-corrected chi connectivity index (χ4v) is 1.78. The highest BCUT2D eigenvalue weighted by molar-refractivity contribution is 5.42. The molecular formula is C13H18O5. The Morgan fingerprint density at radius 2 is 2.17 bits per heavy atom. The van der Waals surface area contributed by atoms with E-state index in [1.165, 1.54) is 7.11 Å². The zero-order valence-corrected chi connectivity index (χ0v) is 10.5. The van der Waals surface area contributed by atoms with E-state index in [1.807, 2.05) is 19.1 Å². The van der Waals surface area contributed by atoms with Gasteiger partial charge in [-0.3, -0.25) is 4.79 Å². The molecule has 0 heterocycles. The van der Waals surface area contributed by atoms with Crippen LogP contribution in [-0.2, 0) is 16.0 Å². The molecule has 0 bridgehead atoms. The molecule has 0 aromatic heterocycles. The lowest BCUT2D eigenvalue weighted by molar-refractivity contribution is -0.157. The zero-order valence-electron chi connectivity index (χ0n) is 10.5. The van der Waals surface area contributed by atoms with E-state index in [4.69, 9.17) is 4.74 Å². The van der Waals surface area contributed by atoms with Crippen LogP contribution in [0.4, 0.5) is 0 Å². The zero-order chi connectivity index (χ0) is 13.5. The fraction of sp³-hybridized carbons (Fsp3) is 0.462. The molecule has 1 rings (SSSR count). The van der Waals surface area contributed by atoms with Crippen LogP contribution in [0.2, 0.25) is 0 Å². The van der Waals surface area contributed by atoms with Gasteiger partial charge in [0.1, 0.15) is 5.75 Å². The van der Waals surface area contributed by atoms with Crippen molar-refractivity contribution in [2.75, 3.05) is 13.7 Å². The normalized spacial score (nSPS) is 13.8. The molecule has 18 heavy (non-hydrogen) atoms. The van der Waals surface area contributed by atoms with Gasteiger partial charge in [-0.15, -0.1) is 0 Å². The third-order valence-electron chi connectivity index (χ3n) is 2.84. The molecule has 0 radical (unpaired) electrons. The molecule has 0 spiro atoms. The Morgan fingerprint density at radius 3 is 2.67 bits per heavy atom. The Kier molecular flexibility index (Phi) is 5.61. The summed E-state index contributed by atoms with van der Waals surface area (Å²) in [5, 5.41) is 19.0. The van der Waals surface area contributed by atoms with Gasteiger partial charge in [-0.1, -0.05) is 19.1 Å². The number of benzene rings is 1. The van der Waals surface area contributed by atoms with Gasteiger partial charge in [-0.05, 0) is 18.1 Å². The first-order valence-corrected chi connectivity index (χ1v) is 5.72. The second-order valence-corrected chi connectivity index (χ2v) is 3.84. The molecule has 0 aliphatic rings. The number of ether oxygens (including phenoxy) is 2. The van der Waals surface area contributed by atoms with Gasteiger partial charge in [0.25, 0.3) is 6.47 Å². The Labute approximate surface area is 106 Å². The minimum Gasteiger partial charge on any atom is -0.496 e. The topological polar surface area (TPSA) is 76.0 Å². The molecule has 1 aromatic carbocycles. The van der Waals surface area contributed by atoms with E-state index in [9.17, 15) is 15.0 Å². The molecule has 2 unspecified atom stereocenters. The number of hydrogen-bond acceptors (Lipinski definition) is 5. The largest absolute Gasteiger partial charge is 0.496 e. The smallest absolute Gasteiger partial charge is 0.295 e. The lowest BCUT2D eigenvalue weighted by atomic mass is 9.96. The average Bonchev–Trinajstić information content (AvgIpc) is 2.40. The molecule has 2 atom stereocenters. The third-order valence-corrected chi connectivity index (χ3v) is 2.84. The highest BCUT2D eigenvalue weighted by Gasteiger charge is 2.25. The first kappa shape index (κ1) is 14.5. The van der Waals surface area contributed by atoms with Crippen LogP contribution >= 0.6 is 0 Å². The fourth-order valence-electron chi connectivity index (χ4n) is 1.78. The number of methoxy groups -OCH3 is 1. The second kappa shape index (κ2) is 6.98. The highest BCUT2D eigenvalue weighted by atomic mass is 16.6. The van der Waals surface area contributed by atoms with Crippen LogP contribution in [0.3, 0.4) is 0 Å². The Hall–Kier alpha value is -1.59. The lowest BCUT2D eigenvalue weighted by Crippen LogP contribution is -2.25. The number of aryl methyl sites for hydroxylation is 1. The van der Waals surface area contributed by atoms with E-state index < -0.39 is 12.2 Å². The molecule has 5 nitrogen and oxygen atoms in total. The molecule has 0 fully saturated rings. The summed E-state index contributed by atoms with van der Waals surface area (Å²) in [7, 11) is 1.51. The molecule has 0 saturated heterocycles. The number of carbonyl (C=O) groups is 1. The van der Waals surface area contributed by atoms with Crippen LogP contribution in [0.25, 0.3) is 0 Å². The lowest BCUT2D eigenvalue weighted by Gasteiger charge is -2.22. The van der Waals surface area contributed by atoms with Crippen molar-refractivity contribution in [3.63, 3.8) is 0 Å².